The van der Waals surface area contributed by atoms with Crippen LogP contribution in [0.25, 0.3) is 0 Å². The zero-order chi connectivity index (χ0) is 15.5. The van der Waals surface area contributed by atoms with Crippen molar-refractivity contribution >= 4 is 17.3 Å². The number of anilines is 2. The first kappa shape index (κ1) is 16.3. The molecule has 1 rings (SSSR count). The third-order valence-electron chi connectivity index (χ3n) is 3.18. The summed E-state index contributed by atoms with van der Waals surface area (Å²) in [6, 6.07) is 2.46. The predicted molar refractivity (Wildman–Crippen MR) is 72.3 cm³/mol. The summed E-state index contributed by atoms with van der Waals surface area (Å²) in [6.07, 6.45) is -4.45. The molecule has 0 fully saturated rings. The van der Waals surface area contributed by atoms with Gasteiger partial charge in [-0.15, -0.1) is 0 Å². The molecule has 0 aliphatic rings. The number of amides is 1. The molecular formula is C13H18F3N3O. The van der Waals surface area contributed by atoms with E-state index >= 15 is 0 Å². The number of nitrogens with one attached hydrogen (secondary N) is 1. The molecule has 112 valence electrons. The van der Waals surface area contributed by atoms with E-state index in [-0.39, 0.29) is 17.3 Å². The predicted octanol–water partition coefficient (Wildman–Crippen LogP) is 2.57. The molecule has 0 aromatic heterocycles. The fraction of sp³-hybridized carbons (Fsp3) is 0.462. The van der Waals surface area contributed by atoms with E-state index in [0.29, 0.717) is 6.54 Å². The summed E-state index contributed by atoms with van der Waals surface area (Å²) in [6.45, 7) is 4.28. The number of rotatable bonds is 4. The van der Waals surface area contributed by atoms with Crippen molar-refractivity contribution in [3.63, 3.8) is 0 Å². The van der Waals surface area contributed by atoms with Crippen LogP contribution in [0, 0.1) is 0 Å². The van der Waals surface area contributed by atoms with Crippen molar-refractivity contribution in [2.45, 2.75) is 26.1 Å². The Balaban J connectivity index is 2.87. The van der Waals surface area contributed by atoms with Gasteiger partial charge in [0.2, 0.25) is 5.91 Å². The molecule has 0 saturated carbocycles. The van der Waals surface area contributed by atoms with E-state index in [1.807, 2.05) is 6.92 Å². The number of nitrogen functional groups attached to an aromatic ring is 1. The van der Waals surface area contributed by atoms with Gasteiger partial charge in [-0.1, -0.05) is 6.92 Å². The van der Waals surface area contributed by atoms with E-state index < -0.39 is 17.8 Å². The molecule has 1 amide bonds. The standard InChI is InChI=1S/C13H18F3N3O/c1-4-19(3)8(2)12(20)18-11-6-5-9(7-10(11)17)13(14,15)16/h5-8H,4,17H2,1-3H3,(H,18,20). The Morgan fingerprint density at radius 3 is 2.50 bits per heavy atom. The van der Waals surface area contributed by atoms with Crippen LogP contribution in [0.3, 0.4) is 0 Å². The topological polar surface area (TPSA) is 58.4 Å². The maximum Gasteiger partial charge on any atom is 0.416 e. The Kier molecular flexibility index (Phi) is 4.99. The molecule has 0 spiro atoms. The minimum Gasteiger partial charge on any atom is -0.397 e. The van der Waals surface area contributed by atoms with Crippen LogP contribution in [0.5, 0.6) is 0 Å². The third-order valence-corrected chi connectivity index (χ3v) is 3.18. The summed E-state index contributed by atoms with van der Waals surface area (Å²) in [5.41, 5.74) is 4.77. The lowest BCUT2D eigenvalue weighted by Crippen LogP contribution is -2.39. The van der Waals surface area contributed by atoms with E-state index in [1.54, 1.807) is 18.9 Å². The molecule has 1 aromatic rings. The number of nitrogens with zero attached hydrogens (tertiary/aromatic N) is 1. The smallest absolute Gasteiger partial charge is 0.397 e. The largest absolute Gasteiger partial charge is 0.416 e. The minimum absolute atomic E-state index is 0.112. The highest BCUT2D eigenvalue weighted by molar-refractivity contribution is 5.97. The number of hydrogen-bond donors (Lipinski definition) is 2. The van der Waals surface area contributed by atoms with Gasteiger partial charge in [0.05, 0.1) is 23.0 Å². The molecule has 0 bridgehead atoms. The fourth-order valence-electron chi connectivity index (χ4n) is 1.56. The van der Waals surface area contributed by atoms with Gasteiger partial charge in [-0.2, -0.15) is 13.2 Å². The van der Waals surface area contributed by atoms with Crippen LogP contribution in [0.1, 0.15) is 19.4 Å². The number of nitrogens with two attached hydrogens (primary N) is 1. The Morgan fingerprint density at radius 1 is 1.45 bits per heavy atom. The van der Waals surface area contributed by atoms with Gasteiger partial charge in [0.25, 0.3) is 0 Å². The van der Waals surface area contributed by atoms with E-state index in [9.17, 15) is 18.0 Å². The van der Waals surface area contributed by atoms with Crippen LogP contribution in [0.4, 0.5) is 24.5 Å². The molecule has 4 nitrogen and oxygen atoms in total. The number of hydrogen-bond acceptors (Lipinski definition) is 3. The zero-order valence-electron chi connectivity index (χ0n) is 11.6. The first-order valence-electron chi connectivity index (χ1n) is 6.14. The molecule has 20 heavy (non-hydrogen) atoms. The highest BCUT2D eigenvalue weighted by Crippen LogP contribution is 2.32. The maximum absolute atomic E-state index is 12.5. The van der Waals surface area contributed by atoms with Crippen molar-refractivity contribution in [1.29, 1.82) is 0 Å². The van der Waals surface area contributed by atoms with Crippen molar-refractivity contribution in [1.82, 2.24) is 4.90 Å². The Labute approximate surface area is 115 Å². The molecule has 0 heterocycles. The van der Waals surface area contributed by atoms with Gasteiger partial charge in [0, 0.05) is 0 Å². The molecule has 0 aliphatic carbocycles. The third kappa shape index (κ3) is 3.86. The van der Waals surface area contributed by atoms with Gasteiger partial charge in [-0.3, -0.25) is 9.69 Å². The van der Waals surface area contributed by atoms with Gasteiger partial charge < -0.3 is 11.1 Å². The van der Waals surface area contributed by atoms with Crippen molar-refractivity contribution in [3.05, 3.63) is 23.8 Å². The van der Waals surface area contributed by atoms with Crippen LogP contribution in [-0.4, -0.2) is 30.4 Å². The second-order valence-electron chi connectivity index (χ2n) is 4.54. The van der Waals surface area contributed by atoms with Crippen LogP contribution in [0.2, 0.25) is 0 Å². The molecule has 3 N–H and O–H groups in total. The van der Waals surface area contributed by atoms with E-state index in [4.69, 9.17) is 5.73 Å². The summed E-state index contributed by atoms with van der Waals surface area (Å²) in [5, 5.41) is 2.53. The second-order valence-corrected chi connectivity index (χ2v) is 4.54. The zero-order valence-corrected chi connectivity index (χ0v) is 11.6. The number of likely N-dealkylation sites (N-methyl/N-ethyl adjacent to an activating group) is 1. The highest BCUT2D eigenvalue weighted by Gasteiger charge is 2.31. The summed E-state index contributed by atoms with van der Waals surface area (Å²) in [5.74, 6) is -0.319. The summed E-state index contributed by atoms with van der Waals surface area (Å²) >= 11 is 0. The summed E-state index contributed by atoms with van der Waals surface area (Å²) < 4.78 is 37.5. The second kappa shape index (κ2) is 6.13. The monoisotopic (exact) mass is 289 g/mol. The Morgan fingerprint density at radius 2 is 2.05 bits per heavy atom. The highest BCUT2D eigenvalue weighted by atomic mass is 19.4. The summed E-state index contributed by atoms with van der Waals surface area (Å²) in [7, 11) is 1.78. The van der Waals surface area contributed by atoms with Crippen LogP contribution in [-0.2, 0) is 11.0 Å². The van der Waals surface area contributed by atoms with Gasteiger partial charge in [0.1, 0.15) is 0 Å². The Hall–Kier alpha value is -1.76. The quantitative estimate of drug-likeness (QED) is 0.838. The van der Waals surface area contributed by atoms with Gasteiger partial charge in [-0.05, 0) is 38.7 Å². The van der Waals surface area contributed by atoms with Crippen LogP contribution < -0.4 is 11.1 Å². The molecule has 1 unspecified atom stereocenters. The molecule has 0 radical (unpaired) electrons. The van der Waals surface area contributed by atoms with Crippen molar-refractivity contribution in [2.24, 2.45) is 0 Å². The van der Waals surface area contributed by atoms with Crippen LogP contribution in [0.15, 0.2) is 18.2 Å². The number of benzene rings is 1. The SMILES string of the molecule is CCN(C)C(C)C(=O)Nc1ccc(C(F)(F)F)cc1N. The molecule has 0 saturated heterocycles. The molecule has 7 heteroatoms. The average Bonchev–Trinajstić information content (AvgIpc) is 2.37. The molecule has 0 aliphatic heterocycles. The van der Waals surface area contributed by atoms with Crippen molar-refractivity contribution in [2.75, 3.05) is 24.6 Å². The molecular weight excluding hydrogens is 271 g/mol. The van der Waals surface area contributed by atoms with Gasteiger partial charge in [-0.25, -0.2) is 0 Å². The lowest BCUT2D eigenvalue weighted by Gasteiger charge is -2.22. The minimum atomic E-state index is -4.45. The van der Waals surface area contributed by atoms with Gasteiger partial charge >= 0.3 is 6.18 Å². The lowest BCUT2D eigenvalue weighted by molar-refractivity contribution is -0.137. The number of alkyl halides is 3. The Bertz CT molecular complexity index is 488. The molecule has 1 aromatic carbocycles. The molecule has 1 atom stereocenters. The van der Waals surface area contributed by atoms with E-state index in [1.165, 1.54) is 0 Å². The number of carbonyl (C=O) groups excluding carboxylic acids is 1. The first-order chi connectivity index (χ1) is 9.16. The number of carbonyl (C=O) groups is 1. The number of halogens is 3. The normalized spacial score (nSPS) is 13.3. The maximum atomic E-state index is 12.5. The van der Waals surface area contributed by atoms with Crippen molar-refractivity contribution in [3.8, 4) is 0 Å². The van der Waals surface area contributed by atoms with Crippen molar-refractivity contribution < 1.29 is 18.0 Å². The summed E-state index contributed by atoms with van der Waals surface area (Å²) in [4.78, 5) is 13.7. The fourth-order valence-corrected chi connectivity index (χ4v) is 1.56. The lowest BCUT2D eigenvalue weighted by atomic mass is 10.1. The van der Waals surface area contributed by atoms with Crippen LogP contribution >= 0.6 is 0 Å². The van der Waals surface area contributed by atoms with E-state index in [0.717, 1.165) is 18.2 Å². The van der Waals surface area contributed by atoms with Gasteiger partial charge in [0.15, 0.2) is 0 Å². The average molecular weight is 289 g/mol. The van der Waals surface area contributed by atoms with E-state index in [2.05, 4.69) is 5.32 Å². The first-order valence-corrected chi connectivity index (χ1v) is 6.14.